The van der Waals surface area contributed by atoms with E-state index < -0.39 is 0 Å². The fourth-order valence-corrected chi connectivity index (χ4v) is 2.33. The van der Waals surface area contributed by atoms with Crippen LogP contribution in [0.15, 0.2) is 18.2 Å². The van der Waals surface area contributed by atoms with E-state index in [2.05, 4.69) is 38.2 Å². The summed E-state index contributed by atoms with van der Waals surface area (Å²) in [5, 5.41) is 22.4. The lowest BCUT2D eigenvalue weighted by Gasteiger charge is -2.30. The molecule has 0 heterocycles. The fraction of sp³-hybridized carbons (Fsp3) is 0.600. The van der Waals surface area contributed by atoms with Crippen LogP contribution >= 0.6 is 0 Å². The van der Waals surface area contributed by atoms with Crippen LogP contribution in [0.25, 0.3) is 0 Å². The SMILES string of the molecule is CC(NCC(C)(C)CN(C)C)c1cc(O)cc(O)c1. The summed E-state index contributed by atoms with van der Waals surface area (Å²) in [7, 11) is 4.14. The maximum Gasteiger partial charge on any atom is 0.119 e. The predicted octanol–water partition coefficient (Wildman–Crippen LogP) is 2.34. The Labute approximate surface area is 116 Å². The zero-order valence-corrected chi connectivity index (χ0v) is 12.6. The van der Waals surface area contributed by atoms with Crippen molar-refractivity contribution in [2.24, 2.45) is 5.41 Å². The number of phenols is 2. The standard InChI is InChI=1S/C15H26N2O2/c1-11(12-6-13(18)8-14(19)7-12)16-9-15(2,3)10-17(4)5/h6-8,11,16,18-19H,9-10H2,1-5H3. The van der Waals surface area contributed by atoms with Crippen LogP contribution in [-0.4, -0.2) is 42.3 Å². The molecule has 0 amide bonds. The Balaban J connectivity index is 2.62. The minimum absolute atomic E-state index is 0.0828. The molecule has 0 aliphatic rings. The van der Waals surface area contributed by atoms with Crippen molar-refractivity contribution in [2.75, 3.05) is 27.2 Å². The van der Waals surface area contributed by atoms with Crippen LogP contribution in [0.4, 0.5) is 0 Å². The van der Waals surface area contributed by atoms with E-state index in [9.17, 15) is 10.2 Å². The zero-order valence-electron chi connectivity index (χ0n) is 12.6. The topological polar surface area (TPSA) is 55.7 Å². The highest BCUT2D eigenvalue weighted by Gasteiger charge is 2.20. The number of benzene rings is 1. The van der Waals surface area contributed by atoms with Crippen LogP contribution < -0.4 is 5.32 Å². The summed E-state index contributed by atoms with van der Waals surface area (Å²) >= 11 is 0. The molecule has 0 aromatic heterocycles. The highest BCUT2D eigenvalue weighted by Crippen LogP contribution is 2.25. The molecule has 0 bridgehead atoms. The Bertz CT molecular complexity index is 396. The molecule has 1 aromatic carbocycles. The molecule has 19 heavy (non-hydrogen) atoms. The van der Waals surface area contributed by atoms with Crippen LogP contribution in [0.3, 0.4) is 0 Å². The third-order valence-corrected chi connectivity index (χ3v) is 3.06. The molecule has 108 valence electrons. The number of rotatable bonds is 6. The molecule has 1 atom stereocenters. The third-order valence-electron chi connectivity index (χ3n) is 3.06. The number of hydrogen-bond donors (Lipinski definition) is 3. The molecule has 4 heteroatoms. The lowest BCUT2D eigenvalue weighted by atomic mass is 9.92. The van der Waals surface area contributed by atoms with E-state index in [1.165, 1.54) is 6.07 Å². The second-order valence-electron chi connectivity index (χ2n) is 6.29. The van der Waals surface area contributed by atoms with E-state index in [0.717, 1.165) is 18.7 Å². The zero-order chi connectivity index (χ0) is 14.6. The summed E-state index contributed by atoms with van der Waals surface area (Å²) < 4.78 is 0. The summed E-state index contributed by atoms with van der Waals surface area (Å²) in [4.78, 5) is 2.17. The first-order valence-corrected chi connectivity index (χ1v) is 6.61. The second-order valence-corrected chi connectivity index (χ2v) is 6.29. The van der Waals surface area contributed by atoms with Gasteiger partial charge in [-0.25, -0.2) is 0 Å². The molecule has 0 saturated heterocycles. The normalized spacial score (nSPS) is 13.8. The summed E-state index contributed by atoms with van der Waals surface area (Å²) in [5.74, 6) is 0.187. The highest BCUT2D eigenvalue weighted by molar-refractivity contribution is 5.37. The van der Waals surface area contributed by atoms with Crippen molar-refractivity contribution >= 4 is 0 Å². The minimum atomic E-state index is 0.0828. The second kappa shape index (κ2) is 6.26. The van der Waals surface area contributed by atoms with E-state index in [4.69, 9.17) is 0 Å². The average Bonchev–Trinajstić information content (AvgIpc) is 2.22. The number of phenolic OH excluding ortho intramolecular Hbond substituents is 2. The summed E-state index contributed by atoms with van der Waals surface area (Å²) in [6, 6.07) is 4.78. The van der Waals surface area contributed by atoms with Crippen molar-refractivity contribution in [3.63, 3.8) is 0 Å². The number of hydrogen-bond acceptors (Lipinski definition) is 4. The Kier molecular flexibility index (Phi) is 5.20. The van der Waals surface area contributed by atoms with Gasteiger partial charge < -0.3 is 20.4 Å². The Morgan fingerprint density at radius 1 is 1.16 bits per heavy atom. The van der Waals surface area contributed by atoms with Gasteiger partial charge in [0.15, 0.2) is 0 Å². The van der Waals surface area contributed by atoms with Gasteiger partial charge in [-0.1, -0.05) is 13.8 Å². The van der Waals surface area contributed by atoms with Crippen LogP contribution in [0, 0.1) is 5.41 Å². The first kappa shape index (κ1) is 15.8. The summed E-state index contributed by atoms with van der Waals surface area (Å²) in [6.45, 7) is 8.32. The highest BCUT2D eigenvalue weighted by atomic mass is 16.3. The van der Waals surface area contributed by atoms with Gasteiger partial charge >= 0.3 is 0 Å². The minimum Gasteiger partial charge on any atom is -0.508 e. The van der Waals surface area contributed by atoms with Crippen molar-refractivity contribution in [3.8, 4) is 11.5 Å². The number of nitrogens with zero attached hydrogens (tertiary/aromatic N) is 1. The summed E-state index contributed by atoms with van der Waals surface area (Å²) in [5.41, 5.74) is 1.05. The van der Waals surface area contributed by atoms with Gasteiger partial charge in [0.1, 0.15) is 11.5 Å². The maximum atomic E-state index is 9.50. The quantitative estimate of drug-likeness (QED) is 0.740. The lowest BCUT2D eigenvalue weighted by molar-refractivity contribution is 0.227. The molecule has 3 N–H and O–H groups in total. The van der Waals surface area contributed by atoms with E-state index in [1.807, 2.05) is 6.92 Å². The van der Waals surface area contributed by atoms with Crippen molar-refractivity contribution in [1.29, 1.82) is 0 Å². The molecular weight excluding hydrogens is 240 g/mol. The fourth-order valence-electron chi connectivity index (χ4n) is 2.33. The smallest absolute Gasteiger partial charge is 0.119 e. The van der Waals surface area contributed by atoms with Gasteiger partial charge in [-0.2, -0.15) is 0 Å². The molecule has 0 radical (unpaired) electrons. The molecule has 0 aliphatic heterocycles. The number of nitrogens with one attached hydrogen (secondary N) is 1. The Morgan fingerprint density at radius 3 is 2.16 bits per heavy atom. The van der Waals surface area contributed by atoms with Crippen molar-refractivity contribution < 1.29 is 10.2 Å². The molecule has 0 aliphatic carbocycles. The molecule has 0 saturated carbocycles. The molecule has 0 fully saturated rings. The van der Waals surface area contributed by atoms with Gasteiger partial charge in [0.2, 0.25) is 0 Å². The predicted molar refractivity (Wildman–Crippen MR) is 78.5 cm³/mol. The number of aromatic hydroxyl groups is 2. The van der Waals surface area contributed by atoms with E-state index in [1.54, 1.807) is 12.1 Å². The van der Waals surface area contributed by atoms with Crippen LogP contribution in [0.2, 0.25) is 0 Å². The van der Waals surface area contributed by atoms with E-state index in [0.29, 0.717) is 0 Å². The molecule has 0 spiro atoms. The molecule has 1 unspecified atom stereocenters. The third kappa shape index (κ3) is 5.49. The van der Waals surface area contributed by atoms with Gasteiger partial charge in [-0.05, 0) is 44.1 Å². The molecule has 1 rings (SSSR count). The lowest BCUT2D eigenvalue weighted by Crippen LogP contribution is -2.38. The molecular formula is C15H26N2O2. The van der Waals surface area contributed by atoms with Crippen LogP contribution in [0.5, 0.6) is 11.5 Å². The van der Waals surface area contributed by atoms with Gasteiger partial charge in [0.25, 0.3) is 0 Å². The first-order chi connectivity index (χ1) is 8.69. The van der Waals surface area contributed by atoms with Gasteiger partial charge in [0.05, 0.1) is 0 Å². The van der Waals surface area contributed by atoms with Crippen molar-refractivity contribution in [1.82, 2.24) is 10.2 Å². The van der Waals surface area contributed by atoms with Gasteiger partial charge in [-0.15, -0.1) is 0 Å². The molecule has 1 aromatic rings. The Hall–Kier alpha value is -1.26. The van der Waals surface area contributed by atoms with Crippen LogP contribution in [-0.2, 0) is 0 Å². The monoisotopic (exact) mass is 266 g/mol. The Morgan fingerprint density at radius 2 is 1.68 bits per heavy atom. The largest absolute Gasteiger partial charge is 0.508 e. The van der Waals surface area contributed by atoms with Gasteiger partial charge in [-0.3, -0.25) is 0 Å². The van der Waals surface area contributed by atoms with Crippen LogP contribution in [0.1, 0.15) is 32.4 Å². The molecule has 4 nitrogen and oxygen atoms in total. The van der Waals surface area contributed by atoms with Crippen molar-refractivity contribution in [2.45, 2.75) is 26.8 Å². The van der Waals surface area contributed by atoms with Crippen molar-refractivity contribution in [3.05, 3.63) is 23.8 Å². The summed E-state index contributed by atoms with van der Waals surface area (Å²) in [6.07, 6.45) is 0. The maximum absolute atomic E-state index is 9.50. The first-order valence-electron chi connectivity index (χ1n) is 6.61. The van der Waals surface area contributed by atoms with E-state index in [-0.39, 0.29) is 23.0 Å². The van der Waals surface area contributed by atoms with E-state index >= 15 is 0 Å². The average molecular weight is 266 g/mol. The van der Waals surface area contributed by atoms with Gasteiger partial charge in [0, 0.05) is 25.2 Å².